The summed E-state index contributed by atoms with van der Waals surface area (Å²) in [5.74, 6) is -5.26. The van der Waals surface area contributed by atoms with E-state index in [9.17, 15) is 39.3 Å². The number of carbonyl (C=O) groups excluding carboxylic acids is 4. The van der Waals surface area contributed by atoms with Crippen LogP contribution in [0.4, 0.5) is 5.82 Å². The lowest BCUT2D eigenvalue weighted by Crippen LogP contribution is -2.49. The molecule has 4 rings (SSSR count). The van der Waals surface area contributed by atoms with Crippen LogP contribution in [-0.4, -0.2) is 99.4 Å². The highest BCUT2D eigenvalue weighted by Crippen LogP contribution is 2.37. The molecule has 0 spiro atoms. The molecule has 10 N–H and O–H groups in total. The van der Waals surface area contributed by atoms with Crippen LogP contribution in [0.3, 0.4) is 0 Å². The van der Waals surface area contributed by atoms with Crippen LogP contribution in [0, 0.1) is 22.7 Å². The van der Waals surface area contributed by atoms with Crippen LogP contribution >= 0.6 is 23.4 Å². The maximum Gasteiger partial charge on any atom is 0.328 e. The van der Waals surface area contributed by atoms with Crippen LogP contribution in [0.1, 0.15) is 56.4 Å². The first kappa shape index (κ1) is 50.4. The number of nitrogens with zero attached hydrogens (tertiary/aromatic N) is 4. The number of aliphatic carboxylic acids is 2. The predicted molar refractivity (Wildman–Crippen MR) is 231 cm³/mol. The van der Waals surface area contributed by atoms with Gasteiger partial charge in [0.25, 0.3) is 0 Å². The number of esters is 2. The Balaban J connectivity index is 1.49. The van der Waals surface area contributed by atoms with Crippen molar-refractivity contribution >= 4 is 64.9 Å². The minimum atomic E-state index is -1.33. The zero-order chi connectivity index (χ0) is 47.8. The number of thioether (sulfide) groups is 1. The van der Waals surface area contributed by atoms with Crippen LogP contribution in [-0.2, 0) is 44.0 Å². The average Bonchev–Trinajstić information content (AvgIpc) is 3.76. The number of carboxylic acid groups (broad SMARTS) is 2. The van der Waals surface area contributed by atoms with E-state index in [0.29, 0.717) is 27.7 Å². The van der Waals surface area contributed by atoms with Gasteiger partial charge in [0.05, 0.1) is 23.3 Å². The number of carbonyl (C=O) groups is 6. The summed E-state index contributed by atoms with van der Waals surface area (Å²) in [5.41, 5.74) is 19.6. The lowest BCUT2D eigenvalue weighted by Gasteiger charge is -2.23. The van der Waals surface area contributed by atoms with Crippen LogP contribution in [0.25, 0.3) is 22.6 Å². The number of benzene rings is 2. The third kappa shape index (κ3) is 14.9. The van der Waals surface area contributed by atoms with Crippen molar-refractivity contribution < 1.29 is 57.6 Å². The Morgan fingerprint density at radius 1 is 0.815 bits per heavy atom. The van der Waals surface area contributed by atoms with Crippen LogP contribution in [0.2, 0.25) is 5.02 Å². The molecule has 0 bridgehead atoms. The molecule has 0 aliphatic heterocycles. The average molecular weight is 934 g/mol. The lowest BCUT2D eigenvalue weighted by atomic mass is 9.97. The molecule has 342 valence electrons. The molecule has 2 aromatic carbocycles. The number of amides is 2. The van der Waals surface area contributed by atoms with E-state index in [1.165, 1.54) is 32.2 Å². The van der Waals surface area contributed by atoms with Gasteiger partial charge in [-0.15, -0.1) is 0 Å². The number of halogens is 1. The molecule has 0 saturated carbocycles. The third-order valence-corrected chi connectivity index (χ3v) is 10.4. The van der Waals surface area contributed by atoms with Crippen molar-refractivity contribution in [3.63, 3.8) is 0 Å². The summed E-state index contributed by atoms with van der Waals surface area (Å²) in [6.07, 6.45) is -1.01. The van der Waals surface area contributed by atoms with Gasteiger partial charge in [0.2, 0.25) is 17.7 Å². The van der Waals surface area contributed by atoms with Gasteiger partial charge in [0, 0.05) is 34.7 Å². The van der Waals surface area contributed by atoms with Gasteiger partial charge in [-0.2, -0.15) is 10.5 Å². The summed E-state index contributed by atoms with van der Waals surface area (Å²) in [5, 5.41) is 43.6. The number of ether oxygens (including phenoxy) is 3. The maximum absolute atomic E-state index is 13.1. The van der Waals surface area contributed by atoms with E-state index in [0.717, 1.165) is 11.8 Å². The number of nitriles is 2. The van der Waals surface area contributed by atoms with Crippen molar-refractivity contribution in [2.75, 3.05) is 18.9 Å². The highest BCUT2D eigenvalue weighted by atomic mass is 35.5. The summed E-state index contributed by atoms with van der Waals surface area (Å²) in [7, 11) is 0. The maximum atomic E-state index is 13.1. The fourth-order valence-corrected chi connectivity index (χ4v) is 6.60. The number of nitrogen functional groups attached to an aromatic ring is 1. The number of rotatable bonds is 23. The molecule has 4 aromatic rings. The summed E-state index contributed by atoms with van der Waals surface area (Å²) in [4.78, 5) is 81.4. The van der Waals surface area contributed by atoms with Crippen molar-refractivity contribution in [3.05, 3.63) is 76.6 Å². The van der Waals surface area contributed by atoms with E-state index in [-0.39, 0.29) is 64.7 Å². The summed E-state index contributed by atoms with van der Waals surface area (Å²) in [6.45, 7) is 1.52. The minimum absolute atomic E-state index is 0.0449. The second-order valence-corrected chi connectivity index (χ2v) is 15.6. The summed E-state index contributed by atoms with van der Waals surface area (Å²) < 4.78 is 22.3. The van der Waals surface area contributed by atoms with Gasteiger partial charge in [-0.1, -0.05) is 35.5 Å². The quantitative estimate of drug-likeness (QED) is 0.0415. The highest BCUT2D eigenvalue weighted by Gasteiger charge is 2.28. The minimum Gasteiger partial charge on any atom is -0.490 e. The zero-order valence-corrected chi connectivity index (χ0v) is 36.4. The number of aromatic nitrogens is 2. The number of hydrogen-bond donors (Lipinski definition) is 7. The summed E-state index contributed by atoms with van der Waals surface area (Å²) in [6, 6.07) is 12.1. The predicted octanol–water partition coefficient (Wildman–Crippen LogP) is 2.90. The fourth-order valence-electron chi connectivity index (χ4n) is 5.60. The standard InChI is InChI=1S/C42H44ClN9O12S/c1-21(49-37(57)31(46)11-13-33(53)54)41(59)63-19-28(64-42(60)22(2)50-38(58)32(47)12-14-34(55)56)18-61-27-9-5-23(6-10-27)35-29(15-44)36(48)52-40(30(35)16-45)65-20-26-17-62-39(51-26)24-3-7-25(43)8-4-24/h3-10,17,21-22,28,31-32H,11-14,18-20,46-47H2,1-2H3,(H2,48,52)(H,49,57)(H,50,58)(H,53,54)(H,55,56). The molecule has 5 unspecified atom stereocenters. The normalized spacial score (nSPS) is 13.1. The molecule has 0 radical (unpaired) electrons. The Labute approximate surface area is 380 Å². The van der Waals surface area contributed by atoms with Crippen LogP contribution < -0.4 is 32.6 Å². The first-order valence-electron chi connectivity index (χ1n) is 19.5. The topological polar surface area (TPSA) is 359 Å². The first-order valence-corrected chi connectivity index (χ1v) is 20.9. The fraction of sp³-hybridized carbons (Fsp3) is 0.333. The van der Waals surface area contributed by atoms with E-state index >= 15 is 0 Å². The summed E-state index contributed by atoms with van der Waals surface area (Å²) >= 11 is 7.14. The van der Waals surface area contributed by atoms with E-state index in [2.05, 4.69) is 26.7 Å². The molecule has 21 nitrogen and oxygen atoms in total. The number of nitrogens with one attached hydrogen (secondary N) is 2. The van der Waals surface area contributed by atoms with Gasteiger partial charge >= 0.3 is 23.9 Å². The molecule has 0 saturated heterocycles. The molecule has 65 heavy (non-hydrogen) atoms. The van der Waals surface area contributed by atoms with Gasteiger partial charge in [-0.25, -0.2) is 19.6 Å². The van der Waals surface area contributed by atoms with Crippen molar-refractivity contribution in [1.29, 1.82) is 10.5 Å². The van der Waals surface area contributed by atoms with Crippen LogP contribution in [0.15, 0.2) is 64.2 Å². The molecule has 0 fully saturated rings. The van der Waals surface area contributed by atoms with Crippen molar-refractivity contribution in [3.8, 4) is 40.5 Å². The number of pyridine rings is 1. The smallest absolute Gasteiger partial charge is 0.328 e. The largest absolute Gasteiger partial charge is 0.490 e. The van der Waals surface area contributed by atoms with Crippen molar-refractivity contribution in [2.24, 2.45) is 11.5 Å². The van der Waals surface area contributed by atoms with E-state index in [4.69, 9.17) is 57.6 Å². The highest BCUT2D eigenvalue weighted by molar-refractivity contribution is 7.98. The number of anilines is 1. The second kappa shape index (κ2) is 24.0. The SMILES string of the molecule is CC(NC(=O)C(N)CCC(=O)O)C(=O)OCC(COc1ccc(-c2c(C#N)c(N)nc(SCc3coc(-c4ccc(Cl)cc4)n3)c2C#N)cc1)OC(=O)C(C)NC(=O)C(N)CCC(=O)O. The zero-order valence-electron chi connectivity index (χ0n) is 34.8. The van der Waals surface area contributed by atoms with Crippen LogP contribution in [0.5, 0.6) is 5.75 Å². The van der Waals surface area contributed by atoms with Gasteiger partial charge < -0.3 is 56.7 Å². The molecule has 0 aliphatic carbocycles. The number of hydrogen-bond acceptors (Lipinski definition) is 18. The lowest BCUT2D eigenvalue weighted by molar-refractivity contribution is -0.163. The molecule has 5 atom stereocenters. The Morgan fingerprint density at radius 3 is 1.92 bits per heavy atom. The number of nitrogens with two attached hydrogens (primary N) is 3. The van der Waals surface area contributed by atoms with Gasteiger partial charge in [-0.3, -0.25) is 19.2 Å². The monoisotopic (exact) mass is 933 g/mol. The van der Waals surface area contributed by atoms with Gasteiger partial charge in [-0.05, 0) is 68.7 Å². The Hall–Kier alpha value is -7.24. The second-order valence-electron chi connectivity index (χ2n) is 14.2. The Morgan fingerprint density at radius 2 is 1.37 bits per heavy atom. The number of oxazole rings is 1. The molecule has 2 amide bonds. The molecular weight excluding hydrogens is 890 g/mol. The van der Waals surface area contributed by atoms with E-state index in [1.54, 1.807) is 36.4 Å². The van der Waals surface area contributed by atoms with Gasteiger partial charge in [0.15, 0.2) is 6.10 Å². The third-order valence-electron chi connectivity index (χ3n) is 9.13. The molecule has 0 aliphatic rings. The van der Waals surface area contributed by atoms with Gasteiger partial charge in [0.1, 0.15) is 65.9 Å². The number of carboxylic acids is 2. The molecular formula is C42H44ClN9O12S. The Bertz CT molecular complexity index is 2460. The van der Waals surface area contributed by atoms with E-state index < -0.39 is 79.2 Å². The Kier molecular flexibility index (Phi) is 18.6. The molecule has 2 heterocycles. The van der Waals surface area contributed by atoms with E-state index in [1.807, 2.05) is 6.07 Å². The van der Waals surface area contributed by atoms with Crippen molar-refractivity contribution in [2.45, 2.75) is 80.6 Å². The molecule has 23 heteroatoms. The first-order chi connectivity index (χ1) is 30.9. The van der Waals surface area contributed by atoms with Crippen molar-refractivity contribution in [1.82, 2.24) is 20.6 Å². The molecule has 2 aromatic heterocycles.